The van der Waals surface area contributed by atoms with Crippen molar-refractivity contribution >= 4 is 17.9 Å². The predicted molar refractivity (Wildman–Crippen MR) is 279 cm³/mol. The molecule has 0 spiro atoms. The summed E-state index contributed by atoms with van der Waals surface area (Å²) in [7, 11) is 0. The summed E-state index contributed by atoms with van der Waals surface area (Å²) in [5.41, 5.74) is 0. The lowest BCUT2D eigenvalue weighted by atomic mass is 10.0. The molecule has 370 valence electrons. The normalized spacial score (nSPS) is 12.8. The van der Waals surface area contributed by atoms with Gasteiger partial charge in [-0.2, -0.15) is 0 Å². The van der Waals surface area contributed by atoms with Gasteiger partial charge in [-0.1, -0.05) is 221 Å². The van der Waals surface area contributed by atoms with Gasteiger partial charge in [0.05, 0.1) is 0 Å². The van der Waals surface area contributed by atoms with Gasteiger partial charge in [0.2, 0.25) is 0 Å². The van der Waals surface area contributed by atoms with Crippen LogP contribution in [0.3, 0.4) is 0 Å². The Morgan fingerprint density at radius 1 is 0.323 bits per heavy atom. The zero-order valence-electron chi connectivity index (χ0n) is 42.2. The van der Waals surface area contributed by atoms with Gasteiger partial charge in [-0.05, 0) is 96.3 Å². The van der Waals surface area contributed by atoms with Crippen molar-refractivity contribution in [2.75, 3.05) is 13.2 Å². The van der Waals surface area contributed by atoms with E-state index in [9.17, 15) is 14.4 Å². The number of ether oxygens (including phenoxy) is 3. The molecule has 0 N–H and O–H groups in total. The van der Waals surface area contributed by atoms with Crippen LogP contribution in [0.15, 0.2) is 97.2 Å². The third-order valence-electron chi connectivity index (χ3n) is 11.1. The Morgan fingerprint density at radius 2 is 0.600 bits per heavy atom. The van der Waals surface area contributed by atoms with Gasteiger partial charge in [0.25, 0.3) is 0 Å². The van der Waals surface area contributed by atoms with Crippen LogP contribution in [0.2, 0.25) is 0 Å². The molecule has 0 aliphatic carbocycles. The second-order valence-corrected chi connectivity index (χ2v) is 17.4. The molecule has 1 unspecified atom stereocenters. The van der Waals surface area contributed by atoms with Gasteiger partial charge in [-0.15, -0.1) is 0 Å². The van der Waals surface area contributed by atoms with E-state index in [1.165, 1.54) is 83.5 Å². The van der Waals surface area contributed by atoms with E-state index in [4.69, 9.17) is 14.2 Å². The molecule has 0 aromatic carbocycles. The zero-order chi connectivity index (χ0) is 47.2. The topological polar surface area (TPSA) is 78.9 Å². The molecule has 0 saturated heterocycles. The maximum atomic E-state index is 12.8. The van der Waals surface area contributed by atoms with Crippen LogP contribution in [-0.4, -0.2) is 37.2 Å². The summed E-state index contributed by atoms with van der Waals surface area (Å²) in [4.78, 5) is 38.0. The number of carbonyl (C=O) groups excluding carboxylic acids is 3. The summed E-state index contributed by atoms with van der Waals surface area (Å²) in [6.45, 7) is 6.35. The Balaban J connectivity index is 4.46. The fraction of sp³-hybridized carbons (Fsp3) is 0.678. The molecule has 0 radical (unpaired) electrons. The smallest absolute Gasteiger partial charge is 0.306 e. The molecule has 0 bridgehead atoms. The average molecular weight is 903 g/mol. The molecular formula is C59H98O6. The van der Waals surface area contributed by atoms with Crippen molar-refractivity contribution in [3.63, 3.8) is 0 Å². The molecule has 1 atom stereocenters. The first-order chi connectivity index (χ1) is 32.0. The maximum absolute atomic E-state index is 12.8. The van der Waals surface area contributed by atoms with E-state index in [0.29, 0.717) is 19.3 Å². The Labute approximate surface area is 400 Å². The summed E-state index contributed by atoms with van der Waals surface area (Å²) in [5, 5.41) is 0. The van der Waals surface area contributed by atoms with E-state index in [0.717, 1.165) is 116 Å². The van der Waals surface area contributed by atoms with Crippen LogP contribution < -0.4 is 0 Å². The van der Waals surface area contributed by atoms with Crippen molar-refractivity contribution in [2.24, 2.45) is 0 Å². The van der Waals surface area contributed by atoms with Crippen molar-refractivity contribution in [3.8, 4) is 0 Å². The highest BCUT2D eigenvalue weighted by atomic mass is 16.6. The second-order valence-electron chi connectivity index (χ2n) is 17.4. The summed E-state index contributed by atoms with van der Waals surface area (Å²) in [6.07, 6.45) is 69.7. The highest BCUT2D eigenvalue weighted by Crippen LogP contribution is 2.15. The molecule has 0 rings (SSSR count). The molecule has 0 fully saturated rings. The minimum atomic E-state index is -0.805. The first kappa shape index (κ1) is 61.3. The van der Waals surface area contributed by atoms with E-state index >= 15 is 0 Å². The Morgan fingerprint density at radius 3 is 0.969 bits per heavy atom. The lowest BCUT2D eigenvalue weighted by Crippen LogP contribution is -2.30. The fourth-order valence-electron chi connectivity index (χ4n) is 7.13. The second kappa shape index (κ2) is 52.9. The van der Waals surface area contributed by atoms with Gasteiger partial charge >= 0.3 is 17.9 Å². The van der Waals surface area contributed by atoms with Crippen LogP contribution >= 0.6 is 0 Å². The highest BCUT2D eigenvalue weighted by Gasteiger charge is 2.19. The van der Waals surface area contributed by atoms with Crippen molar-refractivity contribution in [3.05, 3.63) is 97.2 Å². The van der Waals surface area contributed by atoms with Crippen LogP contribution in [0.4, 0.5) is 0 Å². The minimum Gasteiger partial charge on any atom is -0.462 e. The van der Waals surface area contributed by atoms with E-state index in [1.807, 2.05) is 0 Å². The SMILES string of the molecule is CC/C=C\C/C=C\C/C=C\C/C=C\C/C=C\CCCCCC(=O)OCC(COC(=O)CCCC/C=C\C/C=C\C/C=C\CC)OC(=O)CCCCCCCCCCCCCCCCCC. The van der Waals surface area contributed by atoms with Crippen LogP contribution in [0, 0.1) is 0 Å². The Bertz CT molecular complexity index is 1310. The number of hydrogen-bond acceptors (Lipinski definition) is 6. The molecule has 0 saturated carbocycles. The molecule has 0 amide bonds. The van der Waals surface area contributed by atoms with Crippen LogP contribution in [0.5, 0.6) is 0 Å². The summed E-state index contributed by atoms with van der Waals surface area (Å²) < 4.78 is 16.8. The highest BCUT2D eigenvalue weighted by molar-refractivity contribution is 5.71. The number of carbonyl (C=O) groups is 3. The number of unbranched alkanes of at least 4 members (excludes halogenated alkanes) is 20. The first-order valence-corrected chi connectivity index (χ1v) is 26.7. The maximum Gasteiger partial charge on any atom is 0.306 e. The largest absolute Gasteiger partial charge is 0.462 e. The van der Waals surface area contributed by atoms with Crippen molar-refractivity contribution < 1.29 is 28.6 Å². The van der Waals surface area contributed by atoms with Crippen molar-refractivity contribution in [1.29, 1.82) is 0 Å². The molecule has 6 nitrogen and oxygen atoms in total. The molecule has 0 heterocycles. The molecule has 0 aromatic heterocycles. The number of esters is 3. The number of rotatable bonds is 47. The summed E-state index contributed by atoms with van der Waals surface area (Å²) in [6, 6.07) is 0. The van der Waals surface area contributed by atoms with Gasteiger partial charge < -0.3 is 14.2 Å². The summed E-state index contributed by atoms with van der Waals surface area (Å²) in [5.74, 6) is -0.974. The number of hydrogen-bond donors (Lipinski definition) is 0. The van der Waals surface area contributed by atoms with Crippen LogP contribution in [0.1, 0.15) is 239 Å². The van der Waals surface area contributed by atoms with E-state index in [2.05, 4.69) is 118 Å². The zero-order valence-corrected chi connectivity index (χ0v) is 42.2. The molecule has 0 aliphatic heterocycles. The molecule has 6 heteroatoms. The van der Waals surface area contributed by atoms with Gasteiger partial charge in [0.15, 0.2) is 6.10 Å². The van der Waals surface area contributed by atoms with Crippen molar-refractivity contribution in [2.45, 2.75) is 245 Å². The third kappa shape index (κ3) is 51.2. The Hall–Kier alpha value is -3.67. The monoisotopic (exact) mass is 903 g/mol. The molecule has 0 aromatic rings. The summed E-state index contributed by atoms with van der Waals surface area (Å²) >= 11 is 0. The third-order valence-corrected chi connectivity index (χ3v) is 11.1. The van der Waals surface area contributed by atoms with Gasteiger partial charge in [0, 0.05) is 19.3 Å². The number of allylic oxidation sites excluding steroid dienone is 16. The quantitative estimate of drug-likeness (QED) is 0.0262. The van der Waals surface area contributed by atoms with E-state index in [-0.39, 0.29) is 31.1 Å². The Kier molecular flexibility index (Phi) is 50.0. The lowest BCUT2D eigenvalue weighted by molar-refractivity contribution is -0.167. The van der Waals surface area contributed by atoms with E-state index in [1.54, 1.807) is 0 Å². The van der Waals surface area contributed by atoms with Crippen LogP contribution in [0.25, 0.3) is 0 Å². The standard InChI is InChI=1S/C59H98O6/c1-4-7-10-13-16-19-22-25-27-29-30-31-33-34-37-40-43-46-49-52-58(61)64-55-56(54-63-57(60)51-48-45-42-39-36-24-21-18-15-12-9-6-3)65-59(62)53-50-47-44-41-38-35-32-28-26-23-20-17-14-11-8-5-2/h7,9-10,12,16,18-19,21,25,27,30-31,34,36-37,39,56H,4-6,8,11,13-15,17,20,22-24,26,28-29,32-33,35,38,40-55H2,1-3H3/b10-7-,12-9-,19-16-,21-18-,27-25-,31-30-,37-34-,39-36-. The van der Waals surface area contributed by atoms with E-state index < -0.39 is 6.10 Å². The van der Waals surface area contributed by atoms with Gasteiger partial charge in [0.1, 0.15) is 13.2 Å². The van der Waals surface area contributed by atoms with Gasteiger partial charge in [-0.3, -0.25) is 14.4 Å². The first-order valence-electron chi connectivity index (χ1n) is 26.7. The predicted octanol–water partition coefficient (Wildman–Crippen LogP) is 17.8. The van der Waals surface area contributed by atoms with Crippen molar-refractivity contribution in [1.82, 2.24) is 0 Å². The fourth-order valence-corrected chi connectivity index (χ4v) is 7.13. The minimum absolute atomic E-state index is 0.106. The molecule has 65 heavy (non-hydrogen) atoms. The van der Waals surface area contributed by atoms with Gasteiger partial charge in [-0.25, -0.2) is 0 Å². The van der Waals surface area contributed by atoms with Crippen LogP contribution in [-0.2, 0) is 28.6 Å². The lowest BCUT2D eigenvalue weighted by Gasteiger charge is -2.18. The average Bonchev–Trinajstić information content (AvgIpc) is 3.30. The molecular weight excluding hydrogens is 805 g/mol. The molecule has 0 aliphatic rings.